The van der Waals surface area contributed by atoms with E-state index in [9.17, 15) is 9.59 Å². The van der Waals surface area contributed by atoms with E-state index in [1.807, 2.05) is 60.7 Å². The van der Waals surface area contributed by atoms with Gasteiger partial charge in [0.25, 0.3) is 5.91 Å². The summed E-state index contributed by atoms with van der Waals surface area (Å²) in [6.45, 7) is 1.56. The molecule has 1 saturated heterocycles. The Morgan fingerprint density at radius 2 is 1.71 bits per heavy atom. The van der Waals surface area contributed by atoms with Gasteiger partial charge in [-0.25, -0.2) is 0 Å². The van der Waals surface area contributed by atoms with Gasteiger partial charge < -0.3 is 10.2 Å². The highest BCUT2D eigenvalue weighted by molar-refractivity contribution is 5.98. The van der Waals surface area contributed by atoms with Gasteiger partial charge >= 0.3 is 0 Å². The minimum Gasteiger partial charge on any atom is -0.353 e. The Balaban J connectivity index is 1.51. The van der Waals surface area contributed by atoms with Gasteiger partial charge in [0.15, 0.2) is 0 Å². The lowest BCUT2D eigenvalue weighted by Crippen LogP contribution is -2.58. The van der Waals surface area contributed by atoms with E-state index in [1.54, 1.807) is 22.0 Å². The van der Waals surface area contributed by atoms with Gasteiger partial charge in [0, 0.05) is 25.7 Å². The van der Waals surface area contributed by atoms with Crippen molar-refractivity contribution in [2.24, 2.45) is 0 Å². The van der Waals surface area contributed by atoms with Crippen LogP contribution in [0.15, 0.2) is 73.1 Å². The van der Waals surface area contributed by atoms with Crippen LogP contribution in [0.25, 0.3) is 0 Å². The van der Waals surface area contributed by atoms with Crippen molar-refractivity contribution < 1.29 is 9.59 Å². The molecule has 1 aliphatic rings. The number of aromatic nitrogens is 2. The molecule has 0 spiro atoms. The van der Waals surface area contributed by atoms with Crippen molar-refractivity contribution in [2.45, 2.75) is 19.0 Å². The van der Waals surface area contributed by atoms with Crippen molar-refractivity contribution in [1.29, 1.82) is 0 Å². The van der Waals surface area contributed by atoms with Gasteiger partial charge in [-0.2, -0.15) is 5.10 Å². The minimum absolute atomic E-state index is 0.111. The molecule has 1 atom stereocenters. The van der Waals surface area contributed by atoms with E-state index in [4.69, 9.17) is 0 Å². The van der Waals surface area contributed by atoms with Crippen molar-refractivity contribution in [3.8, 4) is 0 Å². The van der Waals surface area contributed by atoms with Crippen molar-refractivity contribution >= 4 is 11.8 Å². The average Bonchev–Trinajstić information content (AvgIpc) is 3.19. The van der Waals surface area contributed by atoms with E-state index < -0.39 is 6.04 Å². The van der Waals surface area contributed by atoms with Gasteiger partial charge in [-0.15, -0.1) is 0 Å². The molecule has 0 bridgehead atoms. The van der Waals surface area contributed by atoms with Crippen LogP contribution in [0.3, 0.4) is 0 Å². The van der Waals surface area contributed by atoms with Crippen LogP contribution in [0.5, 0.6) is 0 Å². The molecule has 1 N–H and O–H groups in total. The molecule has 2 heterocycles. The summed E-state index contributed by atoms with van der Waals surface area (Å²) in [7, 11) is 0. The van der Waals surface area contributed by atoms with E-state index in [0.29, 0.717) is 31.6 Å². The molecule has 2 amide bonds. The van der Waals surface area contributed by atoms with Crippen LogP contribution in [0.1, 0.15) is 21.5 Å². The minimum atomic E-state index is -0.513. The molecule has 3 aromatic rings. The largest absolute Gasteiger partial charge is 0.353 e. The summed E-state index contributed by atoms with van der Waals surface area (Å²) in [5.74, 6) is -0.268. The summed E-state index contributed by atoms with van der Waals surface area (Å²) in [5.41, 5.74) is 2.65. The maximum absolute atomic E-state index is 13.1. The summed E-state index contributed by atoms with van der Waals surface area (Å²) in [6.07, 6.45) is 3.83. The molecule has 0 radical (unpaired) electrons. The Labute approximate surface area is 163 Å². The molecular weight excluding hydrogens is 352 g/mol. The number of rotatable bonds is 5. The standard InChI is InChI=1S/C22H22N4O2/c27-21-20(13-17-7-3-1-4-8-17)26(12-11-23-21)22(28)19-14-24-25(16-19)15-18-9-5-2-6-10-18/h1-10,14,16,20H,11-13,15H2,(H,23,27)/t20-/m0/s1. The molecule has 1 aromatic heterocycles. The zero-order valence-corrected chi connectivity index (χ0v) is 15.5. The molecule has 0 saturated carbocycles. The maximum atomic E-state index is 13.1. The summed E-state index contributed by atoms with van der Waals surface area (Å²) in [4.78, 5) is 27.2. The van der Waals surface area contributed by atoms with Gasteiger partial charge in [0.2, 0.25) is 5.91 Å². The summed E-state index contributed by atoms with van der Waals surface area (Å²) in [6, 6.07) is 19.2. The maximum Gasteiger partial charge on any atom is 0.257 e. The Hall–Kier alpha value is -3.41. The second-order valence-electron chi connectivity index (χ2n) is 6.91. The predicted molar refractivity (Wildman–Crippen MR) is 106 cm³/mol. The van der Waals surface area contributed by atoms with E-state index in [-0.39, 0.29) is 11.8 Å². The van der Waals surface area contributed by atoms with Gasteiger partial charge in [0.1, 0.15) is 6.04 Å². The second-order valence-corrected chi connectivity index (χ2v) is 6.91. The third-order valence-electron chi connectivity index (χ3n) is 4.93. The number of nitrogens with one attached hydrogen (secondary N) is 1. The Bertz CT molecular complexity index is 953. The summed E-state index contributed by atoms with van der Waals surface area (Å²) in [5, 5.41) is 7.20. The van der Waals surface area contributed by atoms with Gasteiger partial charge in [-0.05, 0) is 11.1 Å². The van der Waals surface area contributed by atoms with Crippen molar-refractivity contribution in [2.75, 3.05) is 13.1 Å². The first-order valence-corrected chi connectivity index (χ1v) is 9.40. The molecule has 142 valence electrons. The van der Waals surface area contributed by atoms with E-state index >= 15 is 0 Å². The molecule has 6 heteroatoms. The van der Waals surface area contributed by atoms with Crippen LogP contribution in [0.4, 0.5) is 0 Å². The second kappa shape index (κ2) is 8.08. The normalized spacial score (nSPS) is 16.6. The van der Waals surface area contributed by atoms with Crippen LogP contribution in [0, 0.1) is 0 Å². The number of amides is 2. The Morgan fingerprint density at radius 3 is 2.43 bits per heavy atom. The number of hydrogen-bond acceptors (Lipinski definition) is 3. The monoisotopic (exact) mass is 374 g/mol. The fraction of sp³-hybridized carbons (Fsp3) is 0.227. The van der Waals surface area contributed by atoms with Crippen molar-refractivity contribution in [3.05, 3.63) is 89.7 Å². The highest BCUT2D eigenvalue weighted by atomic mass is 16.2. The number of benzene rings is 2. The lowest BCUT2D eigenvalue weighted by molar-refractivity contribution is -0.127. The number of nitrogens with zero attached hydrogens (tertiary/aromatic N) is 3. The molecule has 0 unspecified atom stereocenters. The van der Waals surface area contributed by atoms with Crippen LogP contribution in [-0.4, -0.2) is 45.6 Å². The zero-order chi connectivity index (χ0) is 19.3. The quantitative estimate of drug-likeness (QED) is 0.744. The first kappa shape index (κ1) is 18.0. The number of hydrogen-bond donors (Lipinski definition) is 1. The third-order valence-corrected chi connectivity index (χ3v) is 4.93. The lowest BCUT2D eigenvalue weighted by atomic mass is 10.0. The number of piperazine rings is 1. The van der Waals surface area contributed by atoms with Crippen LogP contribution < -0.4 is 5.32 Å². The number of carbonyl (C=O) groups excluding carboxylic acids is 2. The average molecular weight is 374 g/mol. The van der Waals surface area contributed by atoms with E-state index in [1.165, 1.54) is 0 Å². The molecule has 0 aliphatic carbocycles. The van der Waals surface area contributed by atoms with Crippen molar-refractivity contribution in [1.82, 2.24) is 20.0 Å². The van der Waals surface area contributed by atoms with Crippen LogP contribution in [0.2, 0.25) is 0 Å². The topological polar surface area (TPSA) is 67.2 Å². The van der Waals surface area contributed by atoms with Crippen LogP contribution >= 0.6 is 0 Å². The summed E-state index contributed by atoms with van der Waals surface area (Å²) < 4.78 is 1.75. The van der Waals surface area contributed by atoms with Crippen LogP contribution in [-0.2, 0) is 17.8 Å². The fourth-order valence-corrected chi connectivity index (χ4v) is 3.49. The molecule has 4 rings (SSSR count). The zero-order valence-electron chi connectivity index (χ0n) is 15.5. The molecular formula is C22H22N4O2. The smallest absolute Gasteiger partial charge is 0.257 e. The fourth-order valence-electron chi connectivity index (χ4n) is 3.49. The number of carbonyl (C=O) groups is 2. The first-order valence-electron chi connectivity index (χ1n) is 9.40. The van der Waals surface area contributed by atoms with Gasteiger partial charge in [0.05, 0.1) is 18.3 Å². The lowest BCUT2D eigenvalue weighted by Gasteiger charge is -2.35. The first-order chi connectivity index (χ1) is 13.7. The summed E-state index contributed by atoms with van der Waals surface area (Å²) >= 11 is 0. The highest BCUT2D eigenvalue weighted by Crippen LogP contribution is 2.16. The SMILES string of the molecule is O=C1NCCN(C(=O)c2cnn(Cc3ccccc3)c2)[C@H]1Cc1ccccc1. The van der Waals surface area contributed by atoms with E-state index in [2.05, 4.69) is 10.4 Å². The van der Waals surface area contributed by atoms with E-state index in [0.717, 1.165) is 11.1 Å². The van der Waals surface area contributed by atoms with Gasteiger partial charge in [-0.1, -0.05) is 60.7 Å². The highest BCUT2D eigenvalue weighted by Gasteiger charge is 2.34. The third kappa shape index (κ3) is 3.96. The molecule has 1 fully saturated rings. The Morgan fingerprint density at radius 1 is 1.04 bits per heavy atom. The van der Waals surface area contributed by atoms with Crippen molar-refractivity contribution in [3.63, 3.8) is 0 Å². The molecule has 2 aromatic carbocycles. The Kier molecular flexibility index (Phi) is 5.19. The molecule has 1 aliphatic heterocycles. The van der Waals surface area contributed by atoms with Gasteiger partial charge in [-0.3, -0.25) is 14.3 Å². The molecule has 6 nitrogen and oxygen atoms in total. The predicted octanol–water partition coefficient (Wildman–Crippen LogP) is 2.11. The molecule has 28 heavy (non-hydrogen) atoms.